The van der Waals surface area contributed by atoms with E-state index in [-0.39, 0.29) is 17.9 Å². The number of fused-ring (bicyclic) bond motifs is 1. The van der Waals surface area contributed by atoms with Crippen LogP contribution < -0.4 is 10.6 Å². The Bertz CT molecular complexity index is 345. The van der Waals surface area contributed by atoms with Crippen LogP contribution in [0.5, 0.6) is 0 Å². The Balaban J connectivity index is 1.60. The molecule has 3 unspecified atom stereocenters. The van der Waals surface area contributed by atoms with Gasteiger partial charge in [-0.1, -0.05) is 0 Å². The molecular formula is C12H19N3O2. The first-order valence-electron chi connectivity index (χ1n) is 6.58. The molecule has 17 heavy (non-hydrogen) atoms. The van der Waals surface area contributed by atoms with Crippen molar-refractivity contribution in [2.24, 2.45) is 0 Å². The van der Waals surface area contributed by atoms with Gasteiger partial charge >= 0.3 is 0 Å². The van der Waals surface area contributed by atoms with Crippen molar-refractivity contribution in [2.75, 3.05) is 13.1 Å². The molecule has 3 aliphatic rings. The highest BCUT2D eigenvalue weighted by Gasteiger charge is 2.39. The second-order valence-electron chi connectivity index (χ2n) is 5.31. The van der Waals surface area contributed by atoms with Crippen LogP contribution in [0.1, 0.15) is 32.1 Å². The number of carbonyl (C=O) groups is 2. The summed E-state index contributed by atoms with van der Waals surface area (Å²) >= 11 is 0. The van der Waals surface area contributed by atoms with Gasteiger partial charge in [-0.15, -0.1) is 0 Å². The summed E-state index contributed by atoms with van der Waals surface area (Å²) in [6.45, 7) is 2.35. The SMILES string of the molecule is O=C1CCC(NC2CCN3CCCC23)C(=O)N1. The summed E-state index contributed by atoms with van der Waals surface area (Å²) in [6, 6.07) is 0.875. The molecule has 5 nitrogen and oxygen atoms in total. The monoisotopic (exact) mass is 237 g/mol. The minimum absolute atomic E-state index is 0.137. The number of piperidine rings is 1. The molecule has 0 aliphatic carbocycles. The van der Waals surface area contributed by atoms with Gasteiger partial charge in [-0.25, -0.2) is 0 Å². The molecule has 0 saturated carbocycles. The first kappa shape index (κ1) is 11.2. The molecular weight excluding hydrogens is 218 g/mol. The standard InChI is InChI=1S/C12H19N3O2/c16-11-4-3-9(12(17)14-11)13-8-5-7-15-6-1-2-10(8)15/h8-10,13H,1-7H2,(H,14,16,17). The maximum atomic E-state index is 11.7. The molecule has 0 aromatic carbocycles. The molecule has 0 spiro atoms. The Morgan fingerprint density at radius 3 is 2.88 bits per heavy atom. The number of rotatable bonds is 2. The van der Waals surface area contributed by atoms with E-state index in [9.17, 15) is 9.59 Å². The van der Waals surface area contributed by atoms with Gasteiger partial charge in [-0.3, -0.25) is 19.8 Å². The number of nitrogens with one attached hydrogen (secondary N) is 2. The van der Waals surface area contributed by atoms with Crippen LogP contribution >= 0.6 is 0 Å². The van der Waals surface area contributed by atoms with Crippen LogP contribution in [0, 0.1) is 0 Å². The molecule has 3 heterocycles. The normalized spacial score (nSPS) is 38.2. The summed E-state index contributed by atoms with van der Waals surface area (Å²) in [5.41, 5.74) is 0. The van der Waals surface area contributed by atoms with Crippen LogP contribution in [0.15, 0.2) is 0 Å². The molecule has 3 fully saturated rings. The largest absolute Gasteiger partial charge is 0.301 e. The summed E-state index contributed by atoms with van der Waals surface area (Å²) < 4.78 is 0. The summed E-state index contributed by atoms with van der Waals surface area (Å²) in [5, 5.41) is 5.86. The predicted molar refractivity (Wildman–Crippen MR) is 62.3 cm³/mol. The zero-order valence-electron chi connectivity index (χ0n) is 9.95. The minimum Gasteiger partial charge on any atom is -0.301 e. The summed E-state index contributed by atoms with van der Waals surface area (Å²) in [6.07, 6.45) is 4.75. The second kappa shape index (κ2) is 4.38. The molecule has 0 aromatic rings. The highest BCUT2D eigenvalue weighted by atomic mass is 16.2. The van der Waals surface area contributed by atoms with E-state index in [1.807, 2.05) is 0 Å². The van der Waals surface area contributed by atoms with Gasteiger partial charge in [0.25, 0.3) is 0 Å². The number of imide groups is 1. The van der Waals surface area contributed by atoms with Gasteiger partial charge in [0, 0.05) is 25.0 Å². The van der Waals surface area contributed by atoms with Gasteiger partial charge in [0.05, 0.1) is 6.04 Å². The molecule has 0 bridgehead atoms. The van der Waals surface area contributed by atoms with Crippen LogP contribution in [0.4, 0.5) is 0 Å². The van der Waals surface area contributed by atoms with Crippen molar-refractivity contribution < 1.29 is 9.59 Å². The molecule has 5 heteroatoms. The quantitative estimate of drug-likeness (QED) is 0.643. The third kappa shape index (κ3) is 2.09. The lowest BCUT2D eigenvalue weighted by Gasteiger charge is -2.28. The Kier molecular flexibility index (Phi) is 2.88. The van der Waals surface area contributed by atoms with Crippen molar-refractivity contribution in [1.82, 2.24) is 15.5 Å². The van der Waals surface area contributed by atoms with E-state index in [1.165, 1.54) is 19.4 Å². The molecule has 3 saturated heterocycles. The van der Waals surface area contributed by atoms with E-state index in [1.54, 1.807) is 0 Å². The molecule has 2 N–H and O–H groups in total. The highest BCUT2D eigenvalue weighted by molar-refractivity contribution is 6.00. The third-order valence-electron chi connectivity index (χ3n) is 4.26. The van der Waals surface area contributed by atoms with Crippen molar-refractivity contribution >= 4 is 11.8 Å². The number of amides is 2. The van der Waals surface area contributed by atoms with Crippen LogP contribution in [-0.4, -0.2) is 47.9 Å². The van der Waals surface area contributed by atoms with E-state index in [0.717, 1.165) is 13.0 Å². The number of hydrogen-bond donors (Lipinski definition) is 2. The summed E-state index contributed by atoms with van der Waals surface area (Å²) in [5.74, 6) is -0.278. The Morgan fingerprint density at radius 2 is 2.06 bits per heavy atom. The number of nitrogens with zero attached hydrogens (tertiary/aromatic N) is 1. The molecule has 0 aromatic heterocycles. The lowest BCUT2D eigenvalue weighted by atomic mass is 10.0. The fourth-order valence-electron chi connectivity index (χ4n) is 3.39. The Hall–Kier alpha value is -0.940. The van der Waals surface area contributed by atoms with Gasteiger partial charge in [-0.05, 0) is 32.2 Å². The fraction of sp³-hybridized carbons (Fsp3) is 0.833. The van der Waals surface area contributed by atoms with E-state index < -0.39 is 0 Å². The zero-order chi connectivity index (χ0) is 11.8. The van der Waals surface area contributed by atoms with Gasteiger partial charge in [0.2, 0.25) is 11.8 Å². The lowest BCUT2D eigenvalue weighted by molar-refractivity contribution is -0.134. The maximum Gasteiger partial charge on any atom is 0.243 e. The first-order chi connectivity index (χ1) is 8.24. The fourth-order valence-corrected chi connectivity index (χ4v) is 3.39. The molecule has 3 rings (SSSR count). The van der Waals surface area contributed by atoms with Crippen molar-refractivity contribution in [2.45, 2.75) is 50.2 Å². The van der Waals surface area contributed by atoms with Crippen LogP contribution in [0.3, 0.4) is 0 Å². The average molecular weight is 237 g/mol. The average Bonchev–Trinajstić information content (AvgIpc) is 2.86. The van der Waals surface area contributed by atoms with Gasteiger partial charge < -0.3 is 5.32 Å². The smallest absolute Gasteiger partial charge is 0.243 e. The van der Waals surface area contributed by atoms with E-state index >= 15 is 0 Å². The first-order valence-corrected chi connectivity index (χ1v) is 6.58. The molecule has 2 amide bonds. The third-order valence-corrected chi connectivity index (χ3v) is 4.26. The zero-order valence-corrected chi connectivity index (χ0v) is 9.95. The van der Waals surface area contributed by atoms with Crippen LogP contribution in [0.2, 0.25) is 0 Å². The number of carbonyl (C=O) groups excluding carboxylic acids is 2. The Labute approximate surface area is 101 Å². The van der Waals surface area contributed by atoms with Crippen LogP contribution in [0.25, 0.3) is 0 Å². The van der Waals surface area contributed by atoms with Crippen LogP contribution in [-0.2, 0) is 9.59 Å². The molecule has 94 valence electrons. The Morgan fingerprint density at radius 1 is 1.18 bits per heavy atom. The van der Waals surface area contributed by atoms with Crippen molar-refractivity contribution in [3.05, 3.63) is 0 Å². The van der Waals surface area contributed by atoms with Gasteiger partial charge in [0.1, 0.15) is 0 Å². The van der Waals surface area contributed by atoms with E-state index in [4.69, 9.17) is 0 Å². The van der Waals surface area contributed by atoms with E-state index in [0.29, 0.717) is 24.9 Å². The molecule has 0 radical (unpaired) electrons. The van der Waals surface area contributed by atoms with Gasteiger partial charge in [-0.2, -0.15) is 0 Å². The topological polar surface area (TPSA) is 61.4 Å². The molecule has 3 atom stereocenters. The van der Waals surface area contributed by atoms with Crippen molar-refractivity contribution in [1.29, 1.82) is 0 Å². The summed E-state index contributed by atoms with van der Waals surface area (Å²) in [4.78, 5) is 25.3. The minimum atomic E-state index is -0.168. The van der Waals surface area contributed by atoms with Crippen molar-refractivity contribution in [3.63, 3.8) is 0 Å². The summed E-state index contributed by atoms with van der Waals surface area (Å²) in [7, 11) is 0. The molecule has 3 aliphatic heterocycles. The second-order valence-corrected chi connectivity index (χ2v) is 5.31. The highest BCUT2D eigenvalue weighted by Crippen LogP contribution is 2.28. The van der Waals surface area contributed by atoms with Gasteiger partial charge in [0.15, 0.2) is 0 Å². The predicted octanol–water partition coefficient (Wildman–Crippen LogP) is -0.382. The maximum absolute atomic E-state index is 11.7. The van der Waals surface area contributed by atoms with E-state index in [2.05, 4.69) is 15.5 Å². The number of hydrogen-bond acceptors (Lipinski definition) is 4. The van der Waals surface area contributed by atoms with Crippen molar-refractivity contribution in [3.8, 4) is 0 Å². The lowest BCUT2D eigenvalue weighted by Crippen LogP contribution is -2.55.